The lowest BCUT2D eigenvalue weighted by Crippen LogP contribution is -2.53. The Kier molecular flexibility index (Phi) is 7.95. The number of benzene rings is 1. The molecule has 2 heterocycles. The van der Waals surface area contributed by atoms with E-state index < -0.39 is 26.8 Å². The van der Waals surface area contributed by atoms with Gasteiger partial charge in [0, 0.05) is 19.1 Å². The van der Waals surface area contributed by atoms with Crippen LogP contribution in [0.1, 0.15) is 32.1 Å². The predicted octanol–water partition coefficient (Wildman–Crippen LogP) is 2.31. The summed E-state index contributed by atoms with van der Waals surface area (Å²) in [5.41, 5.74) is 0. The molecule has 0 aliphatic carbocycles. The zero-order valence-corrected chi connectivity index (χ0v) is 18.5. The minimum absolute atomic E-state index is 0.209. The number of thioether (sulfide) groups is 1. The molecule has 2 fully saturated rings. The molecule has 9 heteroatoms. The largest absolute Gasteiger partial charge is 0.341 e. The van der Waals surface area contributed by atoms with Crippen LogP contribution in [-0.4, -0.2) is 74.4 Å². The van der Waals surface area contributed by atoms with E-state index in [4.69, 9.17) is 0 Å². The second kappa shape index (κ2) is 10.2. The minimum atomic E-state index is -4.12. The Hall–Kier alpha value is -1.16. The number of rotatable bonds is 8. The summed E-state index contributed by atoms with van der Waals surface area (Å²) in [5.74, 6) is -0.387. The summed E-state index contributed by atoms with van der Waals surface area (Å²) < 4.78 is 41.9. The van der Waals surface area contributed by atoms with Crippen molar-refractivity contribution in [3.8, 4) is 0 Å². The normalized spacial score (nSPS) is 20.1. The van der Waals surface area contributed by atoms with E-state index in [2.05, 4.69) is 9.62 Å². The van der Waals surface area contributed by atoms with Crippen LogP contribution < -0.4 is 4.72 Å². The van der Waals surface area contributed by atoms with Gasteiger partial charge in [-0.1, -0.05) is 12.1 Å². The molecule has 0 spiro atoms. The molecule has 0 bridgehead atoms. The zero-order chi connectivity index (χ0) is 20.9. The number of nitrogens with one attached hydrogen (secondary N) is 1. The van der Waals surface area contributed by atoms with Crippen LogP contribution in [0.3, 0.4) is 0 Å². The molecule has 162 valence electrons. The van der Waals surface area contributed by atoms with Gasteiger partial charge in [0.15, 0.2) is 0 Å². The molecular formula is C20H30FN3O3S2. The topological polar surface area (TPSA) is 69.7 Å². The van der Waals surface area contributed by atoms with Crippen molar-refractivity contribution in [2.75, 3.05) is 38.2 Å². The van der Waals surface area contributed by atoms with Crippen LogP contribution in [0.15, 0.2) is 29.2 Å². The lowest BCUT2D eigenvalue weighted by molar-refractivity contribution is -0.134. The number of hydrogen-bond acceptors (Lipinski definition) is 5. The highest BCUT2D eigenvalue weighted by Crippen LogP contribution is 2.22. The van der Waals surface area contributed by atoms with Gasteiger partial charge in [-0.25, -0.2) is 12.8 Å². The number of amides is 1. The van der Waals surface area contributed by atoms with Gasteiger partial charge in [-0.15, -0.1) is 0 Å². The lowest BCUT2D eigenvalue weighted by Gasteiger charge is -2.38. The Morgan fingerprint density at radius 2 is 1.86 bits per heavy atom. The van der Waals surface area contributed by atoms with Crippen molar-refractivity contribution >= 4 is 27.7 Å². The fourth-order valence-electron chi connectivity index (χ4n) is 4.16. The van der Waals surface area contributed by atoms with Gasteiger partial charge in [0.1, 0.15) is 16.8 Å². The van der Waals surface area contributed by atoms with E-state index in [1.807, 2.05) is 6.26 Å². The van der Waals surface area contributed by atoms with Gasteiger partial charge in [0.25, 0.3) is 0 Å². The Bertz CT molecular complexity index is 792. The molecule has 1 aromatic carbocycles. The van der Waals surface area contributed by atoms with Gasteiger partial charge in [-0.3, -0.25) is 4.79 Å². The van der Waals surface area contributed by atoms with Crippen molar-refractivity contribution in [1.82, 2.24) is 14.5 Å². The van der Waals surface area contributed by atoms with Gasteiger partial charge in [-0.05, 0) is 69.3 Å². The highest BCUT2D eigenvalue weighted by atomic mass is 32.2. The van der Waals surface area contributed by atoms with E-state index in [1.165, 1.54) is 31.0 Å². The van der Waals surface area contributed by atoms with E-state index in [0.717, 1.165) is 32.0 Å². The number of nitrogens with zero attached hydrogens (tertiary/aromatic N) is 2. The lowest BCUT2D eigenvalue weighted by atomic mass is 10.0. The van der Waals surface area contributed by atoms with Crippen LogP contribution in [-0.2, 0) is 14.8 Å². The first-order valence-electron chi connectivity index (χ1n) is 10.2. The van der Waals surface area contributed by atoms with Crippen molar-refractivity contribution in [2.45, 2.75) is 49.1 Å². The van der Waals surface area contributed by atoms with E-state index >= 15 is 0 Å². The first-order chi connectivity index (χ1) is 13.9. The number of carbonyl (C=O) groups excluding carboxylic acids is 1. The second-order valence-electron chi connectivity index (χ2n) is 7.69. The molecular weight excluding hydrogens is 413 g/mol. The maximum Gasteiger partial charge on any atom is 0.244 e. The van der Waals surface area contributed by atoms with E-state index in [-0.39, 0.29) is 5.91 Å². The van der Waals surface area contributed by atoms with Crippen LogP contribution in [0, 0.1) is 5.82 Å². The minimum Gasteiger partial charge on any atom is -0.341 e. The number of sulfonamides is 1. The summed E-state index contributed by atoms with van der Waals surface area (Å²) in [6.07, 6.45) is 6.61. The Morgan fingerprint density at radius 1 is 1.21 bits per heavy atom. The molecule has 2 aliphatic heterocycles. The molecule has 2 saturated heterocycles. The van der Waals surface area contributed by atoms with E-state index in [0.29, 0.717) is 31.3 Å². The third kappa shape index (κ3) is 5.71. The summed E-state index contributed by atoms with van der Waals surface area (Å²) in [7, 11) is -4.12. The number of piperidine rings is 1. The average Bonchev–Trinajstić information content (AvgIpc) is 3.26. The summed E-state index contributed by atoms with van der Waals surface area (Å²) in [4.78, 5) is 17.0. The number of hydrogen-bond donors (Lipinski definition) is 1. The molecule has 0 saturated carbocycles. The van der Waals surface area contributed by atoms with Gasteiger partial charge in [0.2, 0.25) is 15.9 Å². The van der Waals surface area contributed by atoms with Crippen LogP contribution in [0.25, 0.3) is 0 Å². The van der Waals surface area contributed by atoms with Gasteiger partial charge in [-0.2, -0.15) is 16.5 Å². The number of carbonyl (C=O) groups is 1. The smallest absolute Gasteiger partial charge is 0.244 e. The van der Waals surface area contributed by atoms with E-state index in [1.54, 1.807) is 16.7 Å². The summed E-state index contributed by atoms with van der Waals surface area (Å²) >= 11 is 1.55. The molecule has 1 aromatic rings. The van der Waals surface area contributed by atoms with Crippen molar-refractivity contribution in [3.63, 3.8) is 0 Å². The highest BCUT2D eigenvalue weighted by Gasteiger charge is 2.33. The maximum atomic E-state index is 14.0. The number of halogens is 1. The molecule has 29 heavy (non-hydrogen) atoms. The molecule has 1 atom stereocenters. The fourth-order valence-corrected chi connectivity index (χ4v) is 5.93. The van der Waals surface area contributed by atoms with E-state index in [9.17, 15) is 17.6 Å². The average molecular weight is 444 g/mol. The van der Waals surface area contributed by atoms with Crippen molar-refractivity contribution < 1.29 is 17.6 Å². The van der Waals surface area contributed by atoms with Crippen LogP contribution >= 0.6 is 11.8 Å². The first kappa shape index (κ1) is 22.5. The quantitative estimate of drug-likeness (QED) is 0.668. The zero-order valence-electron chi connectivity index (χ0n) is 16.8. The third-order valence-corrected chi connectivity index (χ3v) is 7.91. The Balaban J connectivity index is 1.66. The standard InChI is InChI=1S/C20H30FN3O3S2/c1-28-15-10-18(22-29(26,27)19-7-3-2-6-17(19)21)20(25)24-13-8-16(9-14-24)23-11-4-5-12-23/h2-3,6-7,16,18,22H,4-5,8-15H2,1H3. The van der Waals surface area contributed by atoms with Gasteiger partial charge in [0.05, 0.1) is 0 Å². The molecule has 0 aromatic heterocycles. The number of likely N-dealkylation sites (tertiary alicyclic amines) is 2. The molecule has 0 radical (unpaired) electrons. The Labute approximate surface area is 177 Å². The summed E-state index contributed by atoms with van der Waals surface area (Å²) in [6, 6.07) is 4.87. The fraction of sp³-hybridized carbons (Fsp3) is 0.650. The third-order valence-electron chi connectivity index (χ3n) is 5.77. The molecule has 6 nitrogen and oxygen atoms in total. The summed E-state index contributed by atoms with van der Waals surface area (Å²) in [5, 5.41) is 0. The Morgan fingerprint density at radius 3 is 2.48 bits per heavy atom. The van der Waals surface area contributed by atoms with Crippen LogP contribution in [0.5, 0.6) is 0 Å². The van der Waals surface area contributed by atoms with Gasteiger partial charge >= 0.3 is 0 Å². The molecule has 2 aliphatic rings. The van der Waals surface area contributed by atoms with Crippen molar-refractivity contribution in [2.24, 2.45) is 0 Å². The van der Waals surface area contributed by atoms with Crippen molar-refractivity contribution in [1.29, 1.82) is 0 Å². The van der Waals surface area contributed by atoms with Crippen LogP contribution in [0.2, 0.25) is 0 Å². The van der Waals surface area contributed by atoms with Gasteiger partial charge < -0.3 is 9.80 Å². The molecule has 1 unspecified atom stereocenters. The van der Waals surface area contributed by atoms with Crippen molar-refractivity contribution in [3.05, 3.63) is 30.1 Å². The first-order valence-corrected chi connectivity index (χ1v) is 13.1. The summed E-state index contributed by atoms with van der Waals surface area (Å²) in [6.45, 7) is 3.54. The molecule has 1 amide bonds. The van der Waals surface area contributed by atoms with Crippen LogP contribution in [0.4, 0.5) is 4.39 Å². The highest BCUT2D eigenvalue weighted by molar-refractivity contribution is 7.98. The maximum absolute atomic E-state index is 14.0. The predicted molar refractivity (Wildman–Crippen MR) is 114 cm³/mol. The molecule has 3 rings (SSSR count). The molecule has 1 N–H and O–H groups in total. The SMILES string of the molecule is CSCCC(NS(=O)(=O)c1ccccc1F)C(=O)N1CCC(N2CCCC2)CC1. The monoisotopic (exact) mass is 443 g/mol. The second-order valence-corrected chi connectivity index (χ2v) is 10.4.